The first-order valence-electron chi connectivity index (χ1n) is 12.1. The van der Waals surface area contributed by atoms with Gasteiger partial charge in [0.25, 0.3) is 0 Å². The van der Waals surface area contributed by atoms with Crippen molar-refractivity contribution in [3.8, 4) is 0 Å². The molecule has 0 saturated heterocycles. The standard InChI is InChI=1S/C28H36O4/c1-17(29)32-24-15-22-25(2,3)23(30)10-13-27(22,5)21-9-12-26(4)19(18-11-14-31-16-18)7-8-20(26)28(21,24)6/h8,10-11,13-14,16,19,21-22,24H,7,9,12,15H2,1-6H3/t19-,21-,22+,24-,26+,27-,28+/m1/s1. The van der Waals surface area contributed by atoms with Crippen LogP contribution in [-0.2, 0) is 14.3 Å². The summed E-state index contributed by atoms with van der Waals surface area (Å²) in [4.78, 5) is 25.2. The van der Waals surface area contributed by atoms with Gasteiger partial charge in [-0.3, -0.25) is 9.59 Å². The van der Waals surface area contributed by atoms with Gasteiger partial charge in [-0.15, -0.1) is 0 Å². The topological polar surface area (TPSA) is 56.5 Å². The van der Waals surface area contributed by atoms with E-state index >= 15 is 0 Å². The van der Waals surface area contributed by atoms with Crippen LogP contribution in [0.15, 0.2) is 46.8 Å². The fourth-order valence-electron chi connectivity index (χ4n) is 8.60. The Morgan fingerprint density at radius 3 is 2.56 bits per heavy atom. The van der Waals surface area contributed by atoms with Gasteiger partial charge >= 0.3 is 5.97 Å². The number of ether oxygens (including phenoxy) is 1. The molecule has 1 aromatic rings. The Balaban J connectivity index is 1.64. The van der Waals surface area contributed by atoms with Gasteiger partial charge in [0.2, 0.25) is 0 Å². The van der Waals surface area contributed by atoms with E-state index in [4.69, 9.17) is 9.15 Å². The highest BCUT2D eigenvalue weighted by Gasteiger charge is 2.68. The maximum Gasteiger partial charge on any atom is 0.302 e. The highest BCUT2D eigenvalue weighted by atomic mass is 16.5. The lowest BCUT2D eigenvalue weighted by atomic mass is 9.38. The molecule has 7 atom stereocenters. The number of hydrogen-bond acceptors (Lipinski definition) is 4. The first-order chi connectivity index (χ1) is 15.0. The summed E-state index contributed by atoms with van der Waals surface area (Å²) in [6, 6.07) is 2.10. The number of allylic oxidation sites excluding steroid dienone is 3. The van der Waals surface area contributed by atoms with Gasteiger partial charge in [0, 0.05) is 17.8 Å². The Hall–Kier alpha value is -2.10. The van der Waals surface area contributed by atoms with Gasteiger partial charge in [0.15, 0.2) is 5.78 Å². The molecule has 2 saturated carbocycles. The van der Waals surface area contributed by atoms with Crippen molar-refractivity contribution in [1.29, 1.82) is 0 Å². The van der Waals surface area contributed by atoms with Crippen molar-refractivity contribution in [1.82, 2.24) is 0 Å². The van der Waals surface area contributed by atoms with E-state index < -0.39 is 5.41 Å². The molecule has 172 valence electrons. The minimum atomic E-state index is -0.465. The van der Waals surface area contributed by atoms with E-state index in [2.05, 4.69) is 52.8 Å². The third-order valence-electron chi connectivity index (χ3n) is 10.2. The lowest BCUT2D eigenvalue weighted by molar-refractivity contribution is -0.187. The van der Waals surface area contributed by atoms with Gasteiger partial charge in [-0.2, -0.15) is 0 Å². The summed E-state index contributed by atoms with van der Waals surface area (Å²) in [7, 11) is 0. The molecule has 0 unspecified atom stereocenters. The van der Waals surface area contributed by atoms with E-state index in [9.17, 15) is 9.59 Å². The van der Waals surface area contributed by atoms with Crippen molar-refractivity contribution in [2.45, 2.75) is 79.2 Å². The molecule has 0 N–H and O–H groups in total. The summed E-state index contributed by atoms with van der Waals surface area (Å²) >= 11 is 0. The van der Waals surface area contributed by atoms with Crippen LogP contribution < -0.4 is 0 Å². The van der Waals surface area contributed by atoms with Crippen LogP contribution in [0.25, 0.3) is 0 Å². The van der Waals surface area contributed by atoms with Crippen LogP contribution in [-0.4, -0.2) is 17.9 Å². The smallest absolute Gasteiger partial charge is 0.302 e. The molecule has 32 heavy (non-hydrogen) atoms. The Bertz CT molecular complexity index is 1010. The summed E-state index contributed by atoms with van der Waals surface area (Å²) in [6.45, 7) is 12.8. The van der Waals surface area contributed by atoms with E-state index in [0.717, 1.165) is 25.7 Å². The first-order valence-corrected chi connectivity index (χ1v) is 12.1. The number of rotatable bonds is 2. The van der Waals surface area contributed by atoms with Crippen LogP contribution in [0.5, 0.6) is 0 Å². The van der Waals surface area contributed by atoms with E-state index in [1.807, 2.05) is 12.3 Å². The average molecular weight is 437 g/mol. The third-order valence-corrected chi connectivity index (χ3v) is 10.2. The zero-order valence-electron chi connectivity index (χ0n) is 20.2. The fourth-order valence-corrected chi connectivity index (χ4v) is 8.60. The lowest BCUT2D eigenvalue weighted by Crippen LogP contribution is -2.64. The number of carbonyl (C=O) groups is 2. The van der Waals surface area contributed by atoms with Gasteiger partial charge in [-0.1, -0.05) is 52.3 Å². The number of carbonyl (C=O) groups excluding carboxylic acids is 2. The van der Waals surface area contributed by atoms with Gasteiger partial charge in [-0.05, 0) is 72.0 Å². The molecule has 4 aliphatic rings. The second kappa shape index (κ2) is 6.71. The predicted molar refractivity (Wildman–Crippen MR) is 123 cm³/mol. The largest absolute Gasteiger partial charge is 0.472 e. The molecule has 0 radical (unpaired) electrons. The molecule has 1 heterocycles. The van der Waals surface area contributed by atoms with E-state index in [1.165, 1.54) is 18.1 Å². The van der Waals surface area contributed by atoms with Gasteiger partial charge < -0.3 is 9.15 Å². The first kappa shape index (κ1) is 21.7. The third kappa shape index (κ3) is 2.61. The van der Waals surface area contributed by atoms with Crippen molar-refractivity contribution >= 4 is 11.8 Å². The van der Waals surface area contributed by atoms with Crippen LogP contribution in [0.4, 0.5) is 0 Å². The van der Waals surface area contributed by atoms with Crippen LogP contribution in [0.2, 0.25) is 0 Å². The Morgan fingerprint density at radius 2 is 1.91 bits per heavy atom. The summed E-state index contributed by atoms with van der Waals surface area (Å²) in [6.07, 6.45) is 13.7. The summed E-state index contributed by atoms with van der Waals surface area (Å²) < 4.78 is 11.6. The number of hydrogen-bond donors (Lipinski definition) is 0. The fraction of sp³-hybridized carbons (Fsp3) is 0.643. The number of furan rings is 1. The van der Waals surface area contributed by atoms with Gasteiger partial charge in [0.1, 0.15) is 6.10 Å². The van der Waals surface area contributed by atoms with Crippen LogP contribution >= 0.6 is 0 Å². The molecule has 0 bridgehead atoms. The van der Waals surface area contributed by atoms with Crippen LogP contribution in [0, 0.1) is 33.5 Å². The van der Waals surface area contributed by atoms with E-state index in [1.54, 1.807) is 6.26 Å². The van der Waals surface area contributed by atoms with Crippen molar-refractivity contribution < 1.29 is 18.7 Å². The molecular formula is C28H36O4. The second-order valence-electron chi connectivity index (χ2n) is 11.9. The quantitative estimate of drug-likeness (QED) is 0.407. The minimum absolute atomic E-state index is 0.0143. The SMILES string of the molecule is CC(=O)O[C@@H]1C[C@H]2C(C)(C)C(=O)C=C[C@]2(C)[C@H]2CC[C@]3(C)C(=CC[C@@H]3c3ccoc3)[C@@]21C. The monoisotopic (exact) mass is 436 g/mol. The van der Waals surface area contributed by atoms with Crippen molar-refractivity contribution in [3.05, 3.63) is 48.0 Å². The maximum atomic E-state index is 12.9. The zero-order chi connectivity index (χ0) is 23.1. The molecule has 5 rings (SSSR count). The van der Waals surface area contributed by atoms with E-state index in [0.29, 0.717) is 11.8 Å². The Kier molecular flexibility index (Phi) is 4.56. The van der Waals surface area contributed by atoms with E-state index in [-0.39, 0.29) is 40.0 Å². The summed E-state index contributed by atoms with van der Waals surface area (Å²) in [5.41, 5.74) is 1.88. The second-order valence-corrected chi connectivity index (χ2v) is 11.9. The van der Waals surface area contributed by atoms with Crippen molar-refractivity contribution in [2.75, 3.05) is 0 Å². The normalized spacial score (nSPS) is 44.3. The number of fused-ring (bicyclic) bond motifs is 5. The summed E-state index contributed by atoms with van der Waals surface area (Å²) in [5, 5.41) is 0. The highest BCUT2D eigenvalue weighted by molar-refractivity contribution is 5.95. The van der Waals surface area contributed by atoms with Crippen LogP contribution in [0.3, 0.4) is 0 Å². The minimum Gasteiger partial charge on any atom is -0.472 e. The molecule has 1 aromatic heterocycles. The molecule has 4 aliphatic carbocycles. The lowest BCUT2D eigenvalue weighted by Gasteiger charge is -2.66. The maximum absolute atomic E-state index is 12.9. The van der Waals surface area contributed by atoms with Crippen molar-refractivity contribution in [3.63, 3.8) is 0 Å². The molecule has 4 heteroatoms. The Labute approximate surface area is 191 Å². The molecule has 4 nitrogen and oxygen atoms in total. The molecular weight excluding hydrogens is 400 g/mol. The zero-order valence-corrected chi connectivity index (χ0v) is 20.2. The number of ketones is 1. The highest BCUT2D eigenvalue weighted by Crippen LogP contribution is 2.72. The van der Waals surface area contributed by atoms with Crippen LogP contribution in [0.1, 0.15) is 78.7 Å². The van der Waals surface area contributed by atoms with Gasteiger partial charge in [-0.25, -0.2) is 0 Å². The van der Waals surface area contributed by atoms with Crippen molar-refractivity contribution in [2.24, 2.45) is 33.5 Å². The molecule has 0 spiro atoms. The molecule has 0 aromatic carbocycles. The number of esters is 1. The Morgan fingerprint density at radius 1 is 1.16 bits per heavy atom. The average Bonchev–Trinajstić information content (AvgIpc) is 3.34. The molecule has 0 aliphatic heterocycles. The summed E-state index contributed by atoms with van der Waals surface area (Å²) in [5.74, 6) is 0.796. The molecule has 2 fully saturated rings. The van der Waals surface area contributed by atoms with Gasteiger partial charge in [0.05, 0.1) is 12.5 Å². The molecule has 0 amide bonds. The predicted octanol–water partition coefficient (Wildman–Crippen LogP) is 6.24.